The summed E-state index contributed by atoms with van der Waals surface area (Å²) < 4.78 is 5.19. The Labute approximate surface area is 196 Å². The summed E-state index contributed by atoms with van der Waals surface area (Å²) in [5.74, 6) is -7.36. The average Bonchev–Trinajstić information content (AvgIpc) is 3.42. The van der Waals surface area contributed by atoms with Crippen LogP contribution in [-0.4, -0.2) is 55.5 Å². The summed E-state index contributed by atoms with van der Waals surface area (Å²) in [6.07, 6.45) is 0.990. The van der Waals surface area contributed by atoms with Gasteiger partial charge in [0.1, 0.15) is 17.1 Å². The van der Waals surface area contributed by atoms with E-state index in [1.165, 1.54) is 6.07 Å². The van der Waals surface area contributed by atoms with Gasteiger partial charge in [0, 0.05) is 17.2 Å². The normalized spacial score (nSPS) is 32.3. The number of Topliss-reactive ketones (excluding diaryl/α,β-unsaturated/α-hetero) is 2. The van der Waals surface area contributed by atoms with E-state index in [9.17, 15) is 34.5 Å². The molecule has 6 rings (SSSR count). The number of aromatic amines is 1. The van der Waals surface area contributed by atoms with Gasteiger partial charge in [-0.25, -0.2) is 4.79 Å². The fraction of sp³-hybridized carbons (Fsp3) is 0.391. The van der Waals surface area contributed by atoms with Crippen molar-refractivity contribution >= 4 is 40.0 Å². The average molecular weight is 482 g/mol. The number of carbonyl (C=O) groups excluding carboxylic acids is 3. The maximum Gasteiger partial charge on any atom is 0.417 e. The zero-order chi connectivity index (χ0) is 25.0. The van der Waals surface area contributed by atoms with Crippen LogP contribution in [0.15, 0.2) is 32.2 Å². The highest BCUT2D eigenvalue weighted by atomic mass is 16.4. The lowest BCUT2D eigenvalue weighted by Crippen LogP contribution is -2.71. The maximum absolute atomic E-state index is 13.9. The first kappa shape index (κ1) is 21.6. The minimum atomic E-state index is -2.75. The van der Waals surface area contributed by atoms with Crippen molar-refractivity contribution in [3.8, 4) is 0 Å². The second kappa shape index (κ2) is 6.61. The molecular weight excluding hydrogens is 460 g/mol. The molecule has 1 aromatic heterocycles. The van der Waals surface area contributed by atoms with Gasteiger partial charge in [-0.05, 0) is 49.8 Å². The van der Waals surface area contributed by atoms with E-state index in [-0.39, 0.29) is 47.2 Å². The van der Waals surface area contributed by atoms with E-state index in [2.05, 4.69) is 10.3 Å². The molecule has 1 aromatic carbocycles. The molecule has 1 unspecified atom stereocenters. The molecule has 1 saturated heterocycles. The number of nitrogens with one attached hydrogen (secondary N) is 2. The van der Waals surface area contributed by atoms with Crippen LogP contribution in [0.3, 0.4) is 0 Å². The molecule has 12 heteroatoms. The van der Waals surface area contributed by atoms with Crippen LogP contribution in [-0.2, 0) is 20.8 Å². The number of anilines is 1. The Balaban J connectivity index is 1.62. The summed E-state index contributed by atoms with van der Waals surface area (Å²) in [6.45, 7) is 0.421. The predicted molar refractivity (Wildman–Crippen MR) is 120 cm³/mol. The van der Waals surface area contributed by atoms with E-state index in [1.54, 1.807) is 0 Å². The predicted octanol–water partition coefficient (Wildman–Crippen LogP) is -0.533. The lowest BCUT2D eigenvalue weighted by molar-refractivity contribution is -0.163. The quantitative estimate of drug-likeness (QED) is 0.156. The van der Waals surface area contributed by atoms with Gasteiger partial charge in [-0.15, -0.1) is 0 Å². The highest BCUT2D eigenvalue weighted by molar-refractivity contribution is 6.33. The van der Waals surface area contributed by atoms with E-state index in [0.717, 1.165) is 0 Å². The van der Waals surface area contributed by atoms with Gasteiger partial charge < -0.3 is 36.5 Å². The molecule has 1 spiro atoms. The second-order valence-corrected chi connectivity index (χ2v) is 9.68. The topological polar surface area (TPSA) is 222 Å². The summed E-state index contributed by atoms with van der Waals surface area (Å²) >= 11 is 0. The molecule has 3 aliphatic carbocycles. The summed E-state index contributed by atoms with van der Waals surface area (Å²) in [7, 11) is 0. The van der Waals surface area contributed by atoms with Crippen molar-refractivity contribution < 1.29 is 34.1 Å². The Morgan fingerprint density at radius 1 is 1.20 bits per heavy atom. The Hall–Kier alpha value is -3.90. The first-order valence-corrected chi connectivity index (χ1v) is 11.2. The molecule has 4 atom stereocenters. The number of aromatic nitrogens is 1. The van der Waals surface area contributed by atoms with Crippen molar-refractivity contribution in [3.05, 3.63) is 44.6 Å². The van der Waals surface area contributed by atoms with E-state index in [0.29, 0.717) is 18.5 Å². The number of rotatable bonds is 1. The first-order valence-electron chi connectivity index (χ1n) is 11.2. The van der Waals surface area contributed by atoms with Crippen molar-refractivity contribution in [2.45, 2.75) is 36.8 Å². The molecular formula is C23H22N4O8. The molecule has 1 aliphatic heterocycles. The van der Waals surface area contributed by atoms with Crippen LogP contribution >= 0.6 is 0 Å². The molecule has 1 saturated carbocycles. The number of H-pyrrole nitrogens is 1. The zero-order valence-corrected chi connectivity index (χ0v) is 18.3. The van der Waals surface area contributed by atoms with E-state index in [1.807, 2.05) is 0 Å². The number of aliphatic hydroxyl groups excluding tert-OH is 2. The van der Waals surface area contributed by atoms with Crippen LogP contribution in [0.25, 0.3) is 16.9 Å². The van der Waals surface area contributed by atoms with E-state index >= 15 is 0 Å². The van der Waals surface area contributed by atoms with Crippen molar-refractivity contribution in [2.24, 2.45) is 17.6 Å². The minimum Gasteiger partial charge on any atom is -0.509 e. The molecule has 0 radical (unpaired) electrons. The number of fused-ring (bicyclic) bond motifs is 6. The molecule has 2 heterocycles. The standard InChI is InChI=1S/C23H22N4O8/c24-9-6-10-16(35-21(33)27-10)13-8(9)4-7-5-11-22(2-1-3-26-22)17(29)14(20(25)32)19(31)23(11,34)18(30)12(7)15(13)28/h6-7,11,26,28-29,34H,1-5,24H2,(H2,25,32)(H,27,33)/t7-,11-,22?,23-/m0/s1. The van der Waals surface area contributed by atoms with Gasteiger partial charge in [0.25, 0.3) is 5.91 Å². The third kappa shape index (κ3) is 2.42. The number of oxazole rings is 1. The monoisotopic (exact) mass is 482 g/mol. The van der Waals surface area contributed by atoms with Crippen LogP contribution in [0.1, 0.15) is 30.4 Å². The van der Waals surface area contributed by atoms with Gasteiger partial charge >= 0.3 is 5.76 Å². The molecule has 1 amide bonds. The SMILES string of the molecule is NC(=O)C1=C(O)C2(CCCN2)[C@@H]2C[C@@H]3Cc4c(N)cc5[nH]c(=O)oc5c4C(O)=C3C(=O)[C@]2(O)C1=O. The summed E-state index contributed by atoms with van der Waals surface area (Å²) in [6, 6.07) is 1.50. The van der Waals surface area contributed by atoms with Crippen LogP contribution in [0.4, 0.5) is 5.69 Å². The smallest absolute Gasteiger partial charge is 0.417 e. The Morgan fingerprint density at radius 3 is 2.60 bits per heavy atom. The third-order valence-corrected chi connectivity index (χ3v) is 8.08. The zero-order valence-electron chi connectivity index (χ0n) is 18.3. The van der Waals surface area contributed by atoms with Gasteiger partial charge in [-0.1, -0.05) is 0 Å². The lowest BCUT2D eigenvalue weighted by atomic mass is 9.53. The molecule has 4 aliphatic rings. The molecule has 12 nitrogen and oxygen atoms in total. The number of nitrogen functional groups attached to an aromatic ring is 1. The van der Waals surface area contributed by atoms with Crippen molar-refractivity contribution in [3.63, 3.8) is 0 Å². The molecule has 9 N–H and O–H groups in total. The van der Waals surface area contributed by atoms with Crippen LogP contribution < -0.4 is 22.5 Å². The van der Waals surface area contributed by atoms with Gasteiger partial charge in [0.05, 0.1) is 16.6 Å². The van der Waals surface area contributed by atoms with E-state index < -0.39 is 63.3 Å². The first-order chi connectivity index (χ1) is 16.5. The number of benzene rings is 1. The van der Waals surface area contributed by atoms with E-state index in [4.69, 9.17) is 15.9 Å². The summed E-state index contributed by atoms with van der Waals surface area (Å²) in [5.41, 5.74) is 7.33. The molecule has 2 aromatic rings. The van der Waals surface area contributed by atoms with Crippen LogP contribution in [0.5, 0.6) is 0 Å². The maximum atomic E-state index is 13.9. The minimum absolute atomic E-state index is 0.0103. The van der Waals surface area contributed by atoms with Crippen LogP contribution in [0.2, 0.25) is 0 Å². The Kier molecular flexibility index (Phi) is 4.08. The van der Waals surface area contributed by atoms with Crippen molar-refractivity contribution in [1.82, 2.24) is 10.3 Å². The van der Waals surface area contributed by atoms with Gasteiger partial charge in [-0.3, -0.25) is 19.4 Å². The third-order valence-electron chi connectivity index (χ3n) is 8.08. The highest BCUT2D eigenvalue weighted by Crippen LogP contribution is 2.56. The number of nitrogens with two attached hydrogens (primary N) is 2. The molecule has 2 fully saturated rings. The summed E-state index contributed by atoms with van der Waals surface area (Å²) in [5, 5.41) is 37.1. The molecule has 0 bridgehead atoms. The fourth-order valence-corrected chi connectivity index (χ4v) is 6.61. The number of aliphatic hydroxyl groups is 3. The number of hydrogen-bond acceptors (Lipinski definition) is 10. The lowest BCUT2D eigenvalue weighted by Gasteiger charge is -2.53. The number of ketones is 2. The second-order valence-electron chi connectivity index (χ2n) is 9.68. The fourth-order valence-electron chi connectivity index (χ4n) is 6.61. The number of carbonyl (C=O) groups is 3. The Morgan fingerprint density at radius 2 is 1.94 bits per heavy atom. The van der Waals surface area contributed by atoms with Crippen molar-refractivity contribution in [2.75, 3.05) is 12.3 Å². The van der Waals surface area contributed by atoms with Gasteiger partial charge in [-0.2, -0.15) is 0 Å². The number of primary amides is 1. The summed E-state index contributed by atoms with van der Waals surface area (Å²) in [4.78, 5) is 53.7. The van der Waals surface area contributed by atoms with Gasteiger partial charge in [0.2, 0.25) is 11.6 Å². The number of hydrogen-bond donors (Lipinski definition) is 7. The largest absolute Gasteiger partial charge is 0.509 e. The van der Waals surface area contributed by atoms with Crippen molar-refractivity contribution in [1.29, 1.82) is 0 Å². The highest BCUT2D eigenvalue weighted by Gasteiger charge is 2.69. The molecule has 35 heavy (non-hydrogen) atoms. The van der Waals surface area contributed by atoms with Crippen LogP contribution in [0, 0.1) is 11.8 Å². The van der Waals surface area contributed by atoms with Gasteiger partial charge in [0.15, 0.2) is 11.2 Å². The Bertz CT molecular complexity index is 1510. The number of amides is 1. The molecule has 182 valence electrons.